The number of ether oxygens (including phenoxy) is 1. The summed E-state index contributed by atoms with van der Waals surface area (Å²) in [6.45, 7) is 2.09. The van der Waals surface area contributed by atoms with Crippen molar-refractivity contribution in [1.82, 2.24) is 0 Å². The molecule has 2 heteroatoms. The van der Waals surface area contributed by atoms with Gasteiger partial charge in [0.1, 0.15) is 5.75 Å². The maximum absolute atomic E-state index is 5.33. The average molecular weight is 243 g/mol. The summed E-state index contributed by atoms with van der Waals surface area (Å²) in [5.41, 5.74) is 3.72. The molecule has 2 aromatic carbocycles. The fraction of sp³-hybridized carbons (Fsp3) is 0.200. The van der Waals surface area contributed by atoms with E-state index in [-0.39, 0.29) is 0 Å². The van der Waals surface area contributed by atoms with Gasteiger partial charge in [-0.3, -0.25) is 0 Å². The first kappa shape index (κ1) is 11.9. The zero-order valence-corrected chi connectivity index (χ0v) is 10.9. The van der Waals surface area contributed by atoms with Gasteiger partial charge in [0.15, 0.2) is 0 Å². The summed E-state index contributed by atoms with van der Waals surface area (Å²) >= 11 is 5.33. The van der Waals surface area contributed by atoms with E-state index in [4.69, 9.17) is 17.4 Å². The van der Waals surface area contributed by atoms with Crippen molar-refractivity contribution in [1.29, 1.82) is 0 Å². The van der Waals surface area contributed by atoms with E-state index in [9.17, 15) is 0 Å². The van der Waals surface area contributed by atoms with E-state index in [0.29, 0.717) is 0 Å². The first-order valence-corrected chi connectivity index (χ1v) is 5.99. The molecule has 0 amide bonds. The fourth-order valence-corrected chi connectivity index (χ4v) is 2.01. The summed E-state index contributed by atoms with van der Waals surface area (Å²) in [6.07, 6.45) is 0.879. The molecular formula is C15H15OS-. The van der Waals surface area contributed by atoms with Crippen LogP contribution in [0.5, 0.6) is 5.75 Å². The molecule has 0 fully saturated rings. The van der Waals surface area contributed by atoms with Crippen molar-refractivity contribution in [2.24, 2.45) is 0 Å². The molecule has 0 radical (unpaired) electrons. The maximum Gasteiger partial charge on any atom is 0.118 e. The Hall–Kier alpha value is -1.54. The van der Waals surface area contributed by atoms with E-state index in [1.165, 1.54) is 16.7 Å². The Kier molecular flexibility index (Phi) is 3.64. The summed E-state index contributed by atoms with van der Waals surface area (Å²) < 4.78 is 5.14. The van der Waals surface area contributed by atoms with Crippen LogP contribution in [0.4, 0.5) is 0 Å². The van der Waals surface area contributed by atoms with Gasteiger partial charge in [0.2, 0.25) is 0 Å². The predicted molar refractivity (Wildman–Crippen MR) is 72.6 cm³/mol. The van der Waals surface area contributed by atoms with Crippen molar-refractivity contribution in [3.63, 3.8) is 0 Å². The standard InChI is InChI=1S/C15H16OS/c1-11-3-8-15(17)13(9-11)10-12-4-6-14(16-2)7-5-12/h3-9,17H,10H2,1-2H3/p-1. The highest BCUT2D eigenvalue weighted by molar-refractivity contribution is 7.58. The Labute approximate surface area is 108 Å². The van der Waals surface area contributed by atoms with E-state index in [0.717, 1.165) is 17.1 Å². The van der Waals surface area contributed by atoms with Crippen LogP contribution >= 0.6 is 0 Å². The van der Waals surface area contributed by atoms with Crippen LogP contribution in [-0.2, 0) is 19.0 Å². The van der Waals surface area contributed by atoms with Crippen molar-refractivity contribution >= 4 is 12.6 Å². The molecular weight excluding hydrogens is 228 g/mol. The highest BCUT2D eigenvalue weighted by atomic mass is 32.1. The van der Waals surface area contributed by atoms with Crippen molar-refractivity contribution in [3.05, 3.63) is 59.2 Å². The predicted octanol–water partition coefficient (Wildman–Crippen LogP) is 3.50. The number of hydrogen-bond acceptors (Lipinski definition) is 2. The minimum atomic E-state index is 0.879. The molecule has 2 aromatic rings. The Balaban J connectivity index is 2.22. The van der Waals surface area contributed by atoms with Gasteiger partial charge >= 0.3 is 0 Å². The van der Waals surface area contributed by atoms with Gasteiger partial charge in [0.25, 0.3) is 0 Å². The van der Waals surface area contributed by atoms with Crippen LogP contribution in [0.15, 0.2) is 47.4 Å². The third-order valence-corrected chi connectivity index (χ3v) is 3.17. The SMILES string of the molecule is COc1ccc(Cc2cc(C)ccc2[S-])cc1. The van der Waals surface area contributed by atoms with Crippen molar-refractivity contribution < 1.29 is 4.74 Å². The average Bonchev–Trinajstić information content (AvgIpc) is 2.35. The van der Waals surface area contributed by atoms with E-state index >= 15 is 0 Å². The minimum absolute atomic E-state index is 0.879. The molecule has 0 aliphatic carbocycles. The molecule has 0 spiro atoms. The maximum atomic E-state index is 5.33. The van der Waals surface area contributed by atoms with Crippen LogP contribution < -0.4 is 4.74 Å². The highest BCUT2D eigenvalue weighted by Crippen LogP contribution is 2.18. The molecule has 0 saturated heterocycles. The molecule has 17 heavy (non-hydrogen) atoms. The minimum Gasteiger partial charge on any atom is -0.779 e. The van der Waals surface area contributed by atoms with E-state index < -0.39 is 0 Å². The lowest BCUT2D eigenvalue weighted by Crippen LogP contribution is -1.92. The number of aryl methyl sites for hydroxylation is 1. The van der Waals surface area contributed by atoms with Gasteiger partial charge in [0, 0.05) is 0 Å². The number of hydrogen-bond donors (Lipinski definition) is 0. The van der Waals surface area contributed by atoms with Crippen LogP contribution in [0.2, 0.25) is 0 Å². The zero-order valence-electron chi connectivity index (χ0n) is 10.1. The number of methoxy groups -OCH3 is 1. The molecule has 1 nitrogen and oxygen atoms in total. The topological polar surface area (TPSA) is 9.23 Å². The Bertz CT molecular complexity index is 503. The number of benzene rings is 2. The van der Waals surface area contributed by atoms with Crippen LogP contribution in [0.25, 0.3) is 0 Å². The molecule has 0 N–H and O–H groups in total. The molecule has 2 rings (SSSR count). The third kappa shape index (κ3) is 2.98. The molecule has 0 aliphatic rings. The Morgan fingerprint density at radius 1 is 1.06 bits per heavy atom. The summed E-state index contributed by atoms with van der Waals surface area (Å²) in [5.74, 6) is 0.886. The van der Waals surface area contributed by atoms with Gasteiger partial charge in [-0.1, -0.05) is 41.5 Å². The van der Waals surface area contributed by atoms with Gasteiger partial charge < -0.3 is 17.4 Å². The summed E-state index contributed by atoms with van der Waals surface area (Å²) in [7, 11) is 1.68. The largest absolute Gasteiger partial charge is 0.779 e. The Morgan fingerprint density at radius 3 is 2.41 bits per heavy atom. The molecule has 0 unspecified atom stereocenters. The second kappa shape index (κ2) is 5.19. The molecule has 0 atom stereocenters. The van der Waals surface area contributed by atoms with Crippen molar-refractivity contribution in [2.45, 2.75) is 18.2 Å². The van der Waals surface area contributed by atoms with Gasteiger partial charge in [-0.05, 0) is 31.0 Å². The molecule has 88 valence electrons. The molecule has 0 aliphatic heterocycles. The van der Waals surface area contributed by atoms with E-state index in [2.05, 4.69) is 31.2 Å². The summed E-state index contributed by atoms with van der Waals surface area (Å²) in [6, 6.07) is 14.3. The van der Waals surface area contributed by atoms with Gasteiger partial charge in [-0.2, -0.15) is 4.90 Å². The molecule has 0 aromatic heterocycles. The summed E-state index contributed by atoms with van der Waals surface area (Å²) in [4.78, 5) is 0.936. The normalized spacial score (nSPS) is 10.2. The Morgan fingerprint density at radius 2 is 1.76 bits per heavy atom. The lowest BCUT2D eigenvalue weighted by Gasteiger charge is -2.14. The first-order valence-electron chi connectivity index (χ1n) is 5.58. The third-order valence-electron chi connectivity index (χ3n) is 2.77. The van der Waals surface area contributed by atoms with Crippen LogP contribution in [-0.4, -0.2) is 7.11 Å². The molecule has 0 heterocycles. The van der Waals surface area contributed by atoms with Gasteiger partial charge in [-0.15, -0.1) is 0 Å². The monoisotopic (exact) mass is 243 g/mol. The van der Waals surface area contributed by atoms with Gasteiger partial charge in [0.05, 0.1) is 7.11 Å². The van der Waals surface area contributed by atoms with Crippen LogP contribution in [0.3, 0.4) is 0 Å². The zero-order chi connectivity index (χ0) is 12.3. The number of rotatable bonds is 3. The van der Waals surface area contributed by atoms with Gasteiger partial charge in [-0.25, -0.2) is 0 Å². The van der Waals surface area contributed by atoms with Crippen molar-refractivity contribution in [2.75, 3.05) is 7.11 Å². The lowest BCUT2D eigenvalue weighted by molar-refractivity contribution is 0.414. The first-order chi connectivity index (χ1) is 8.19. The highest BCUT2D eigenvalue weighted by Gasteiger charge is 1.98. The second-order valence-corrected chi connectivity index (χ2v) is 4.58. The quantitative estimate of drug-likeness (QED) is 0.763. The van der Waals surface area contributed by atoms with E-state index in [1.807, 2.05) is 18.2 Å². The van der Waals surface area contributed by atoms with E-state index in [1.54, 1.807) is 7.11 Å². The lowest BCUT2D eigenvalue weighted by atomic mass is 10.0. The van der Waals surface area contributed by atoms with Crippen LogP contribution in [0, 0.1) is 6.92 Å². The fourth-order valence-electron chi connectivity index (χ4n) is 1.81. The molecule has 0 bridgehead atoms. The van der Waals surface area contributed by atoms with Crippen molar-refractivity contribution in [3.8, 4) is 5.75 Å². The summed E-state index contributed by atoms with van der Waals surface area (Å²) in [5, 5.41) is 0. The van der Waals surface area contributed by atoms with Crippen LogP contribution in [0.1, 0.15) is 16.7 Å². The molecule has 0 saturated carbocycles. The second-order valence-electron chi connectivity index (χ2n) is 4.14. The smallest absolute Gasteiger partial charge is 0.118 e.